The summed E-state index contributed by atoms with van der Waals surface area (Å²) in [6.45, 7) is 0.636. The molecule has 21 heavy (non-hydrogen) atoms. The first kappa shape index (κ1) is 15.3. The van der Waals surface area contributed by atoms with Crippen LogP contribution in [0.3, 0.4) is 0 Å². The Bertz CT molecular complexity index is 517. The van der Waals surface area contributed by atoms with Gasteiger partial charge in [0.15, 0.2) is 0 Å². The number of likely N-dealkylation sites (N-methyl/N-ethyl adjacent to an activating group) is 1. The van der Waals surface area contributed by atoms with E-state index in [0.29, 0.717) is 25.1 Å². The summed E-state index contributed by atoms with van der Waals surface area (Å²) in [6, 6.07) is 5.64. The zero-order valence-electron chi connectivity index (χ0n) is 11.8. The van der Waals surface area contributed by atoms with Crippen molar-refractivity contribution in [1.82, 2.24) is 4.90 Å². The zero-order chi connectivity index (χ0) is 15.4. The Morgan fingerprint density at radius 1 is 1.29 bits per heavy atom. The summed E-state index contributed by atoms with van der Waals surface area (Å²) < 4.78 is 18.1. The number of hydrogen-bond donors (Lipinski definition) is 1. The Morgan fingerprint density at radius 3 is 2.43 bits per heavy atom. The van der Waals surface area contributed by atoms with Crippen LogP contribution >= 0.6 is 0 Å². The van der Waals surface area contributed by atoms with Crippen LogP contribution < -0.4 is 4.74 Å². The summed E-state index contributed by atoms with van der Waals surface area (Å²) in [6.07, 6.45) is 1.19. The summed E-state index contributed by atoms with van der Waals surface area (Å²) >= 11 is 0. The predicted molar refractivity (Wildman–Crippen MR) is 73.4 cm³/mol. The standard InChI is InChI=1S/C15H18FNO4/c1-17(14(18)12-6-7-13(12)15(19)20)8-9-21-11-4-2-10(16)3-5-11/h2-5,12-13H,6-9H2,1H3,(H,19,20). The molecule has 1 aliphatic rings. The van der Waals surface area contributed by atoms with E-state index in [2.05, 4.69) is 0 Å². The maximum absolute atomic E-state index is 12.7. The van der Waals surface area contributed by atoms with E-state index in [1.165, 1.54) is 29.2 Å². The van der Waals surface area contributed by atoms with Gasteiger partial charge in [0.05, 0.1) is 18.4 Å². The second-order valence-electron chi connectivity index (χ2n) is 5.19. The average Bonchev–Trinajstić information content (AvgIpc) is 2.38. The molecule has 0 heterocycles. The lowest BCUT2D eigenvalue weighted by Crippen LogP contribution is -2.45. The highest BCUT2D eigenvalue weighted by molar-refractivity contribution is 5.86. The molecule has 2 unspecified atom stereocenters. The van der Waals surface area contributed by atoms with Gasteiger partial charge >= 0.3 is 5.97 Å². The molecule has 1 fully saturated rings. The Balaban J connectivity index is 1.76. The van der Waals surface area contributed by atoms with Crippen molar-refractivity contribution in [1.29, 1.82) is 0 Å². The van der Waals surface area contributed by atoms with Crippen molar-refractivity contribution in [3.05, 3.63) is 30.1 Å². The Hall–Kier alpha value is -2.11. The van der Waals surface area contributed by atoms with Crippen LogP contribution in [0.15, 0.2) is 24.3 Å². The van der Waals surface area contributed by atoms with Crippen LogP contribution in [0.1, 0.15) is 12.8 Å². The minimum Gasteiger partial charge on any atom is -0.492 e. The topological polar surface area (TPSA) is 66.8 Å². The van der Waals surface area contributed by atoms with Gasteiger partial charge in [0.1, 0.15) is 18.2 Å². The molecule has 0 spiro atoms. The summed E-state index contributed by atoms with van der Waals surface area (Å²) in [5, 5.41) is 8.96. The minimum atomic E-state index is -0.907. The number of benzene rings is 1. The number of carboxylic acids is 1. The van der Waals surface area contributed by atoms with Crippen LogP contribution in [-0.2, 0) is 9.59 Å². The van der Waals surface area contributed by atoms with E-state index in [-0.39, 0.29) is 18.3 Å². The van der Waals surface area contributed by atoms with Crippen LogP contribution in [0.2, 0.25) is 0 Å². The molecular weight excluding hydrogens is 277 g/mol. The summed E-state index contributed by atoms with van der Waals surface area (Å²) in [5.41, 5.74) is 0. The fraction of sp³-hybridized carbons (Fsp3) is 0.467. The van der Waals surface area contributed by atoms with Gasteiger partial charge < -0.3 is 14.7 Å². The molecule has 5 nitrogen and oxygen atoms in total. The first-order valence-corrected chi connectivity index (χ1v) is 6.85. The van der Waals surface area contributed by atoms with Gasteiger partial charge in [-0.05, 0) is 37.1 Å². The molecule has 0 radical (unpaired) electrons. The number of nitrogens with zero attached hydrogens (tertiary/aromatic N) is 1. The van der Waals surface area contributed by atoms with E-state index in [1.54, 1.807) is 7.05 Å². The van der Waals surface area contributed by atoms with Gasteiger partial charge in [0.25, 0.3) is 0 Å². The van der Waals surface area contributed by atoms with Crippen molar-refractivity contribution in [2.75, 3.05) is 20.2 Å². The molecule has 0 bridgehead atoms. The summed E-state index contributed by atoms with van der Waals surface area (Å²) in [7, 11) is 1.63. The third-order valence-electron chi connectivity index (χ3n) is 3.79. The van der Waals surface area contributed by atoms with Crippen molar-refractivity contribution in [2.24, 2.45) is 11.8 Å². The first-order valence-electron chi connectivity index (χ1n) is 6.85. The van der Waals surface area contributed by atoms with Gasteiger partial charge in [-0.1, -0.05) is 0 Å². The molecule has 1 aromatic carbocycles. The third-order valence-corrected chi connectivity index (χ3v) is 3.79. The molecule has 0 aromatic heterocycles. The van der Waals surface area contributed by atoms with Crippen LogP contribution in [0, 0.1) is 17.7 Å². The highest BCUT2D eigenvalue weighted by Crippen LogP contribution is 2.35. The third kappa shape index (κ3) is 3.71. The van der Waals surface area contributed by atoms with Gasteiger partial charge in [-0.15, -0.1) is 0 Å². The fourth-order valence-corrected chi connectivity index (χ4v) is 2.32. The van der Waals surface area contributed by atoms with E-state index in [4.69, 9.17) is 9.84 Å². The number of hydrogen-bond acceptors (Lipinski definition) is 3. The van der Waals surface area contributed by atoms with E-state index >= 15 is 0 Å². The number of amides is 1. The van der Waals surface area contributed by atoms with Crippen molar-refractivity contribution < 1.29 is 23.8 Å². The zero-order valence-corrected chi connectivity index (χ0v) is 11.8. The van der Waals surface area contributed by atoms with E-state index < -0.39 is 17.8 Å². The van der Waals surface area contributed by atoms with Crippen LogP contribution in [0.25, 0.3) is 0 Å². The number of rotatable bonds is 6. The molecule has 1 aliphatic carbocycles. The molecular formula is C15H18FNO4. The quantitative estimate of drug-likeness (QED) is 0.868. The molecule has 0 aliphatic heterocycles. The molecule has 2 rings (SSSR count). The highest BCUT2D eigenvalue weighted by Gasteiger charge is 2.42. The van der Waals surface area contributed by atoms with Crippen molar-refractivity contribution in [2.45, 2.75) is 12.8 Å². The Morgan fingerprint density at radius 2 is 1.90 bits per heavy atom. The smallest absolute Gasteiger partial charge is 0.307 e. The second kappa shape index (κ2) is 6.56. The minimum absolute atomic E-state index is 0.156. The monoisotopic (exact) mass is 295 g/mol. The first-order chi connectivity index (χ1) is 9.99. The van der Waals surface area contributed by atoms with Crippen LogP contribution in [0.4, 0.5) is 4.39 Å². The molecule has 1 N–H and O–H groups in total. The van der Waals surface area contributed by atoms with E-state index in [9.17, 15) is 14.0 Å². The fourth-order valence-electron chi connectivity index (χ4n) is 2.32. The Kier molecular flexibility index (Phi) is 4.77. The molecule has 1 amide bonds. The van der Waals surface area contributed by atoms with Crippen molar-refractivity contribution in [3.8, 4) is 5.75 Å². The van der Waals surface area contributed by atoms with Gasteiger partial charge in [-0.25, -0.2) is 4.39 Å². The number of carboxylic acid groups (broad SMARTS) is 1. The average molecular weight is 295 g/mol. The maximum atomic E-state index is 12.7. The largest absolute Gasteiger partial charge is 0.492 e. The Labute approximate surface area is 122 Å². The van der Waals surface area contributed by atoms with Gasteiger partial charge in [0, 0.05) is 7.05 Å². The number of halogens is 1. The van der Waals surface area contributed by atoms with Crippen molar-refractivity contribution >= 4 is 11.9 Å². The summed E-state index contributed by atoms with van der Waals surface area (Å²) in [5.74, 6) is -1.84. The maximum Gasteiger partial charge on any atom is 0.307 e. The highest BCUT2D eigenvalue weighted by atomic mass is 19.1. The number of carbonyl (C=O) groups excluding carboxylic acids is 1. The molecule has 114 valence electrons. The number of ether oxygens (including phenoxy) is 1. The van der Waals surface area contributed by atoms with E-state index in [0.717, 1.165) is 0 Å². The molecule has 6 heteroatoms. The lowest BCUT2D eigenvalue weighted by Gasteiger charge is -2.34. The summed E-state index contributed by atoms with van der Waals surface area (Å²) in [4.78, 5) is 24.5. The van der Waals surface area contributed by atoms with Crippen LogP contribution in [-0.4, -0.2) is 42.1 Å². The lowest BCUT2D eigenvalue weighted by molar-refractivity contribution is -0.156. The predicted octanol–water partition coefficient (Wildman–Crippen LogP) is 1.77. The van der Waals surface area contributed by atoms with Crippen LogP contribution in [0.5, 0.6) is 5.75 Å². The second-order valence-corrected chi connectivity index (χ2v) is 5.19. The lowest BCUT2D eigenvalue weighted by atomic mass is 9.73. The number of carbonyl (C=O) groups is 2. The number of aliphatic carboxylic acids is 1. The SMILES string of the molecule is CN(CCOc1ccc(F)cc1)C(=O)C1CCC1C(=O)O. The van der Waals surface area contributed by atoms with Crippen molar-refractivity contribution in [3.63, 3.8) is 0 Å². The molecule has 1 saturated carbocycles. The van der Waals surface area contributed by atoms with Gasteiger partial charge in [-0.3, -0.25) is 9.59 Å². The molecule has 1 aromatic rings. The molecule has 2 atom stereocenters. The van der Waals surface area contributed by atoms with E-state index in [1.807, 2.05) is 0 Å². The van der Waals surface area contributed by atoms with Gasteiger partial charge in [0.2, 0.25) is 5.91 Å². The normalized spacial score (nSPS) is 20.5. The molecule has 0 saturated heterocycles. The van der Waals surface area contributed by atoms with Gasteiger partial charge in [-0.2, -0.15) is 0 Å².